The molecule has 0 atom stereocenters. The van der Waals surface area contributed by atoms with Crippen molar-refractivity contribution in [1.82, 2.24) is 5.32 Å². The first-order valence-corrected chi connectivity index (χ1v) is 4.83. The Morgan fingerprint density at radius 3 is 2.17 bits per heavy atom. The van der Waals surface area contributed by atoms with E-state index in [4.69, 9.17) is 0 Å². The van der Waals surface area contributed by atoms with E-state index < -0.39 is 0 Å². The van der Waals surface area contributed by atoms with Crippen molar-refractivity contribution in [2.45, 2.75) is 20.8 Å². The van der Waals surface area contributed by atoms with Crippen molar-refractivity contribution in [3.8, 4) is 0 Å². The number of nitrogens with one attached hydrogen (secondary N) is 1. The predicted octanol–water partition coefficient (Wildman–Crippen LogP) is 2.86. The summed E-state index contributed by atoms with van der Waals surface area (Å²) in [7, 11) is 1.91. The fourth-order valence-electron chi connectivity index (χ4n) is 1.14. The van der Waals surface area contributed by atoms with E-state index in [0.717, 1.165) is 5.70 Å². The lowest BCUT2D eigenvalue weighted by Crippen LogP contribution is -2.02. The molecule has 0 spiro atoms. The maximum Gasteiger partial charge on any atom is 0.0530 e. The largest absolute Gasteiger partial charge is 0.387 e. The lowest BCUT2D eigenvalue weighted by molar-refractivity contribution is 1.13. The molecular weight excluding hydrogens is 166 g/mol. The zero-order valence-corrected chi connectivity index (χ0v) is 8.93. The summed E-state index contributed by atoms with van der Waals surface area (Å²) >= 11 is 1.81. The number of aryl methyl sites for hydroxylation is 1. The van der Waals surface area contributed by atoms with Crippen LogP contribution >= 0.6 is 11.3 Å². The molecule has 0 radical (unpaired) electrons. The van der Waals surface area contributed by atoms with Crippen LogP contribution < -0.4 is 5.32 Å². The number of hydrogen-bond acceptors (Lipinski definition) is 2. The van der Waals surface area contributed by atoms with Crippen molar-refractivity contribution in [2.75, 3.05) is 7.05 Å². The zero-order valence-electron chi connectivity index (χ0n) is 8.12. The molecule has 1 N–H and O–H groups in total. The molecule has 0 aliphatic heterocycles. The van der Waals surface area contributed by atoms with E-state index in [2.05, 4.69) is 32.7 Å². The van der Waals surface area contributed by atoms with Crippen molar-refractivity contribution in [3.05, 3.63) is 27.5 Å². The van der Waals surface area contributed by atoms with Gasteiger partial charge in [0.1, 0.15) is 0 Å². The maximum absolute atomic E-state index is 3.96. The molecule has 0 fully saturated rings. The third-order valence-corrected chi connectivity index (χ3v) is 3.63. The van der Waals surface area contributed by atoms with Crippen LogP contribution in [0.2, 0.25) is 0 Å². The molecular formula is C10H15NS. The minimum absolute atomic E-state index is 1.02. The number of thiophene rings is 1. The average molecular weight is 181 g/mol. The summed E-state index contributed by atoms with van der Waals surface area (Å²) in [5.41, 5.74) is 3.77. The van der Waals surface area contributed by atoms with Crippen LogP contribution in [0.3, 0.4) is 0 Å². The second kappa shape index (κ2) is 3.31. The Balaban J connectivity index is 3.17. The van der Waals surface area contributed by atoms with E-state index >= 15 is 0 Å². The van der Waals surface area contributed by atoms with Gasteiger partial charge in [0.25, 0.3) is 0 Å². The molecule has 0 saturated heterocycles. The fraction of sp³-hybridized carbons (Fsp3) is 0.400. The van der Waals surface area contributed by atoms with Gasteiger partial charge in [-0.15, -0.1) is 11.3 Å². The molecule has 1 nitrogen and oxygen atoms in total. The molecule has 12 heavy (non-hydrogen) atoms. The molecule has 0 unspecified atom stereocenters. The molecule has 0 saturated carbocycles. The van der Waals surface area contributed by atoms with Gasteiger partial charge in [-0.05, 0) is 31.9 Å². The fourth-order valence-corrected chi connectivity index (χ4v) is 2.29. The molecule has 1 rings (SSSR count). The zero-order chi connectivity index (χ0) is 9.30. The van der Waals surface area contributed by atoms with Crippen molar-refractivity contribution in [1.29, 1.82) is 0 Å². The molecule has 0 aliphatic rings. The number of hydrogen-bond donors (Lipinski definition) is 1. The van der Waals surface area contributed by atoms with Crippen LogP contribution in [0.25, 0.3) is 5.70 Å². The van der Waals surface area contributed by atoms with Gasteiger partial charge in [0, 0.05) is 17.6 Å². The monoisotopic (exact) mass is 181 g/mol. The summed E-state index contributed by atoms with van der Waals surface area (Å²) in [5.74, 6) is 0. The van der Waals surface area contributed by atoms with Crippen LogP contribution in [0, 0.1) is 20.8 Å². The van der Waals surface area contributed by atoms with Gasteiger partial charge in [-0.2, -0.15) is 0 Å². The summed E-state index contributed by atoms with van der Waals surface area (Å²) in [4.78, 5) is 2.67. The Morgan fingerprint density at radius 2 is 1.83 bits per heavy atom. The highest BCUT2D eigenvalue weighted by atomic mass is 32.1. The maximum atomic E-state index is 3.96. The first-order chi connectivity index (χ1) is 5.57. The lowest BCUT2D eigenvalue weighted by atomic mass is 10.1. The topological polar surface area (TPSA) is 12.0 Å². The normalized spacial score (nSPS) is 10.0. The third-order valence-electron chi connectivity index (χ3n) is 2.26. The molecule has 0 amide bonds. The Morgan fingerprint density at radius 1 is 1.25 bits per heavy atom. The molecule has 0 bridgehead atoms. The Bertz CT molecular complexity index is 310. The molecule has 2 heteroatoms. The molecule has 1 aromatic heterocycles. The second-order valence-corrected chi connectivity index (χ2v) is 4.19. The summed E-state index contributed by atoms with van der Waals surface area (Å²) < 4.78 is 0. The van der Waals surface area contributed by atoms with E-state index in [0.29, 0.717) is 0 Å². The molecule has 0 aliphatic carbocycles. The van der Waals surface area contributed by atoms with Gasteiger partial charge in [0.15, 0.2) is 0 Å². The van der Waals surface area contributed by atoms with E-state index in [9.17, 15) is 0 Å². The summed E-state index contributed by atoms with van der Waals surface area (Å²) in [6.45, 7) is 10.4. The highest BCUT2D eigenvalue weighted by Crippen LogP contribution is 2.29. The van der Waals surface area contributed by atoms with Gasteiger partial charge in [-0.3, -0.25) is 0 Å². The first-order valence-electron chi connectivity index (χ1n) is 4.01. The summed E-state index contributed by atoms with van der Waals surface area (Å²) in [6.07, 6.45) is 0. The van der Waals surface area contributed by atoms with Crippen LogP contribution in [-0.2, 0) is 0 Å². The molecule has 1 aromatic rings. The second-order valence-electron chi connectivity index (χ2n) is 2.97. The van der Waals surface area contributed by atoms with Crippen LogP contribution in [0.15, 0.2) is 6.58 Å². The van der Waals surface area contributed by atoms with Gasteiger partial charge in [0.05, 0.1) is 4.88 Å². The van der Waals surface area contributed by atoms with Crippen LogP contribution in [0.5, 0.6) is 0 Å². The average Bonchev–Trinajstić information content (AvgIpc) is 2.32. The van der Waals surface area contributed by atoms with Crippen molar-refractivity contribution in [3.63, 3.8) is 0 Å². The smallest absolute Gasteiger partial charge is 0.0530 e. The standard InChI is InChI=1S/C10H15NS/c1-6-7(2)10(8(3)11-5)12-9(6)4/h11H,3H2,1-2,4-5H3. The quantitative estimate of drug-likeness (QED) is 0.739. The van der Waals surface area contributed by atoms with Gasteiger partial charge in [-0.25, -0.2) is 0 Å². The Kier molecular flexibility index (Phi) is 2.58. The predicted molar refractivity (Wildman–Crippen MR) is 56.6 cm³/mol. The summed E-state index contributed by atoms with van der Waals surface area (Å²) in [5, 5.41) is 3.08. The lowest BCUT2D eigenvalue weighted by Gasteiger charge is -2.02. The minimum atomic E-state index is 1.02. The highest BCUT2D eigenvalue weighted by Gasteiger charge is 2.09. The van der Waals surface area contributed by atoms with Gasteiger partial charge >= 0.3 is 0 Å². The van der Waals surface area contributed by atoms with E-state index in [1.807, 2.05) is 18.4 Å². The third kappa shape index (κ3) is 1.39. The Hall–Kier alpha value is -0.760. The van der Waals surface area contributed by atoms with Crippen molar-refractivity contribution < 1.29 is 0 Å². The van der Waals surface area contributed by atoms with Gasteiger partial charge < -0.3 is 5.32 Å². The SMILES string of the molecule is C=C(NC)c1sc(C)c(C)c1C. The van der Waals surface area contributed by atoms with Gasteiger partial charge in [-0.1, -0.05) is 6.58 Å². The van der Waals surface area contributed by atoms with Crippen molar-refractivity contribution in [2.24, 2.45) is 0 Å². The highest BCUT2D eigenvalue weighted by molar-refractivity contribution is 7.13. The number of rotatable bonds is 2. The minimum Gasteiger partial charge on any atom is -0.387 e. The van der Waals surface area contributed by atoms with E-state index in [-0.39, 0.29) is 0 Å². The molecule has 66 valence electrons. The first kappa shape index (κ1) is 9.33. The Labute approximate surface area is 78.1 Å². The van der Waals surface area contributed by atoms with Gasteiger partial charge in [0.2, 0.25) is 0 Å². The summed E-state index contributed by atoms with van der Waals surface area (Å²) in [6, 6.07) is 0. The van der Waals surface area contributed by atoms with Crippen LogP contribution in [0.1, 0.15) is 20.9 Å². The van der Waals surface area contributed by atoms with Crippen LogP contribution in [0.4, 0.5) is 0 Å². The molecule has 0 aromatic carbocycles. The van der Waals surface area contributed by atoms with Crippen molar-refractivity contribution >= 4 is 17.0 Å². The van der Waals surface area contributed by atoms with Crippen LogP contribution in [-0.4, -0.2) is 7.05 Å². The molecule has 1 heterocycles. The van der Waals surface area contributed by atoms with E-state index in [1.165, 1.54) is 20.9 Å². The van der Waals surface area contributed by atoms with E-state index in [1.54, 1.807) is 0 Å².